The molecule has 3 rings (SSSR count). The Morgan fingerprint density at radius 3 is 2.15 bits per heavy atom. The van der Waals surface area contributed by atoms with Crippen LogP contribution >= 0.6 is 0 Å². The van der Waals surface area contributed by atoms with Crippen LogP contribution in [0, 0.1) is 0 Å². The zero-order chi connectivity index (χ0) is 14.4. The van der Waals surface area contributed by atoms with Gasteiger partial charge < -0.3 is 25.2 Å². The minimum atomic E-state index is -0.368. The Bertz CT molecular complexity index is 839. The first-order valence-electron chi connectivity index (χ1n) is 5.91. The molecular weight excluding hydrogens is 260 g/mol. The van der Waals surface area contributed by atoms with Crippen molar-refractivity contribution in [2.45, 2.75) is 0 Å². The summed E-state index contributed by atoms with van der Waals surface area (Å²) < 4.78 is 5.03. The summed E-state index contributed by atoms with van der Waals surface area (Å²) in [7, 11) is 1.43. The van der Waals surface area contributed by atoms with E-state index >= 15 is 0 Å². The van der Waals surface area contributed by atoms with Crippen molar-refractivity contribution in [1.82, 2.24) is 0 Å². The molecule has 3 aromatic rings. The van der Waals surface area contributed by atoms with Crippen LogP contribution in [0.3, 0.4) is 0 Å². The van der Waals surface area contributed by atoms with Gasteiger partial charge in [0.1, 0.15) is 17.2 Å². The summed E-state index contributed by atoms with van der Waals surface area (Å²) in [4.78, 5) is 0. The molecule has 3 aromatic carbocycles. The lowest BCUT2D eigenvalue weighted by Gasteiger charge is -2.13. The maximum Gasteiger partial charge on any atom is 0.166 e. The minimum Gasteiger partial charge on any atom is -0.507 e. The van der Waals surface area contributed by atoms with E-state index in [1.54, 1.807) is 12.1 Å². The Morgan fingerprint density at radius 1 is 0.800 bits per heavy atom. The largest absolute Gasteiger partial charge is 0.507 e. The van der Waals surface area contributed by atoms with Gasteiger partial charge in [0.05, 0.1) is 7.11 Å². The molecule has 4 N–H and O–H groups in total. The number of benzene rings is 3. The summed E-state index contributed by atoms with van der Waals surface area (Å²) in [6.45, 7) is 0. The number of rotatable bonds is 1. The van der Waals surface area contributed by atoms with Crippen LogP contribution in [0.25, 0.3) is 21.5 Å². The van der Waals surface area contributed by atoms with E-state index in [9.17, 15) is 20.4 Å². The lowest BCUT2D eigenvalue weighted by molar-refractivity contribution is 0.405. The zero-order valence-electron chi connectivity index (χ0n) is 10.6. The molecule has 0 saturated carbocycles. The number of hydrogen-bond acceptors (Lipinski definition) is 5. The first kappa shape index (κ1) is 12.2. The van der Waals surface area contributed by atoms with Gasteiger partial charge in [0.15, 0.2) is 11.5 Å². The summed E-state index contributed by atoms with van der Waals surface area (Å²) in [6.07, 6.45) is 0. The lowest BCUT2D eigenvalue weighted by Crippen LogP contribution is -1.87. The highest BCUT2D eigenvalue weighted by atomic mass is 16.5. The molecule has 5 heteroatoms. The highest BCUT2D eigenvalue weighted by molar-refractivity contribution is 6.18. The molecule has 0 heterocycles. The van der Waals surface area contributed by atoms with Gasteiger partial charge in [-0.15, -0.1) is 0 Å². The van der Waals surface area contributed by atoms with Gasteiger partial charge in [-0.3, -0.25) is 0 Å². The molecule has 0 radical (unpaired) electrons. The van der Waals surface area contributed by atoms with Gasteiger partial charge in [0.2, 0.25) is 0 Å². The predicted octanol–water partition coefficient (Wildman–Crippen LogP) is 2.82. The van der Waals surface area contributed by atoms with E-state index in [1.165, 1.54) is 25.3 Å². The molecule has 0 aliphatic carbocycles. The topological polar surface area (TPSA) is 90.2 Å². The first-order chi connectivity index (χ1) is 9.54. The number of fused-ring (bicyclic) bond motifs is 3. The maximum atomic E-state index is 10.1. The molecule has 0 fully saturated rings. The van der Waals surface area contributed by atoms with Crippen molar-refractivity contribution in [3.8, 4) is 28.7 Å². The number of aromatic hydroxyl groups is 4. The molecule has 0 aliphatic rings. The summed E-state index contributed by atoms with van der Waals surface area (Å²) in [5.41, 5.74) is 0. The average Bonchev–Trinajstić information content (AvgIpc) is 2.44. The number of methoxy groups -OCH3 is 1. The fourth-order valence-corrected chi connectivity index (χ4v) is 2.42. The van der Waals surface area contributed by atoms with E-state index in [0.717, 1.165) is 0 Å². The Hall–Kier alpha value is -2.82. The van der Waals surface area contributed by atoms with Gasteiger partial charge in [-0.2, -0.15) is 0 Å². The van der Waals surface area contributed by atoms with E-state index in [2.05, 4.69) is 0 Å². The number of ether oxygens (including phenoxy) is 1. The summed E-state index contributed by atoms with van der Waals surface area (Å²) in [5.74, 6) is -0.632. The molecule has 0 aromatic heterocycles. The Kier molecular flexibility index (Phi) is 2.50. The summed E-state index contributed by atoms with van der Waals surface area (Å²) in [6, 6.07) is 7.40. The first-order valence-corrected chi connectivity index (χ1v) is 5.91. The van der Waals surface area contributed by atoms with Gasteiger partial charge in [-0.05, 0) is 12.1 Å². The highest BCUT2D eigenvalue weighted by Crippen LogP contribution is 2.48. The molecule has 0 saturated heterocycles. The zero-order valence-corrected chi connectivity index (χ0v) is 10.6. The Balaban J connectivity index is 2.66. The van der Waals surface area contributed by atoms with Crippen LogP contribution in [0.15, 0.2) is 30.3 Å². The molecule has 20 heavy (non-hydrogen) atoms. The molecule has 0 bridgehead atoms. The predicted molar refractivity (Wildman–Crippen MR) is 74.7 cm³/mol. The van der Waals surface area contributed by atoms with Crippen molar-refractivity contribution in [3.05, 3.63) is 30.3 Å². The van der Waals surface area contributed by atoms with Crippen LogP contribution in [0.4, 0.5) is 0 Å². The Labute approximate surface area is 113 Å². The second kappa shape index (κ2) is 4.09. The SMILES string of the molecule is COc1cc(O)c2c(c1)c(O)c(O)c1cccc(O)c12. The van der Waals surface area contributed by atoms with Crippen molar-refractivity contribution in [2.75, 3.05) is 7.11 Å². The molecular formula is C15H12O5. The van der Waals surface area contributed by atoms with E-state index in [1.807, 2.05) is 0 Å². The van der Waals surface area contributed by atoms with E-state index in [4.69, 9.17) is 4.74 Å². The van der Waals surface area contributed by atoms with Crippen LogP contribution in [0.1, 0.15) is 0 Å². The van der Waals surface area contributed by atoms with E-state index < -0.39 is 0 Å². The normalized spacial score (nSPS) is 11.1. The number of hydrogen-bond donors (Lipinski definition) is 4. The molecule has 0 amide bonds. The highest BCUT2D eigenvalue weighted by Gasteiger charge is 2.18. The molecule has 0 aliphatic heterocycles. The van der Waals surface area contributed by atoms with Crippen LogP contribution < -0.4 is 4.74 Å². The average molecular weight is 272 g/mol. The molecule has 102 valence electrons. The van der Waals surface area contributed by atoms with Crippen molar-refractivity contribution >= 4 is 21.5 Å². The Morgan fingerprint density at radius 2 is 1.45 bits per heavy atom. The molecule has 0 unspecified atom stereocenters. The van der Waals surface area contributed by atoms with Crippen molar-refractivity contribution in [2.24, 2.45) is 0 Å². The van der Waals surface area contributed by atoms with Crippen LogP contribution in [-0.2, 0) is 0 Å². The molecule has 0 spiro atoms. The second-order valence-electron chi connectivity index (χ2n) is 4.47. The van der Waals surface area contributed by atoms with Crippen LogP contribution in [0.2, 0.25) is 0 Å². The minimum absolute atomic E-state index is 0.0942. The van der Waals surface area contributed by atoms with Crippen molar-refractivity contribution in [1.29, 1.82) is 0 Å². The van der Waals surface area contributed by atoms with Gasteiger partial charge in [-0.1, -0.05) is 12.1 Å². The molecule has 5 nitrogen and oxygen atoms in total. The fourth-order valence-electron chi connectivity index (χ4n) is 2.42. The monoisotopic (exact) mass is 272 g/mol. The van der Waals surface area contributed by atoms with Crippen LogP contribution in [-0.4, -0.2) is 27.5 Å². The number of phenols is 4. The third-order valence-electron chi connectivity index (χ3n) is 3.35. The van der Waals surface area contributed by atoms with Crippen molar-refractivity contribution in [3.63, 3.8) is 0 Å². The van der Waals surface area contributed by atoms with Gasteiger partial charge >= 0.3 is 0 Å². The quantitative estimate of drug-likeness (QED) is 0.404. The fraction of sp³-hybridized carbons (Fsp3) is 0.0667. The van der Waals surface area contributed by atoms with Gasteiger partial charge in [0, 0.05) is 27.6 Å². The summed E-state index contributed by atoms with van der Waals surface area (Å²) in [5, 5.41) is 41.3. The maximum absolute atomic E-state index is 10.1. The van der Waals surface area contributed by atoms with Crippen molar-refractivity contribution < 1.29 is 25.2 Å². The number of phenolic OH excluding ortho intramolecular Hbond substituents is 4. The third-order valence-corrected chi connectivity index (χ3v) is 3.35. The third kappa shape index (κ3) is 1.50. The smallest absolute Gasteiger partial charge is 0.166 e. The molecule has 0 atom stereocenters. The second-order valence-corrected chi connectivity index (χ2v) is 4.47. The van der Waals surface area contributed by atoms with Gasteiger partial charge in [-0.25, -0.2) is 0 Å². The standard InChI is InChI=1S/C15H12O5/c1-20-7-5-9-13(11(17)6-7)12-8(14(18)15(9)19)3-2-4-10(12)16/h2-6,16-19H,1H3. The van der Waals surface area contributed by atoms with E-state index in [-0.39, 0.29) is 44.5 Å². The van der Waals surface area contributed by atoms with E-state index in [0.29, 0.717) is 5.75 Å². The lowest BCUT2D eigenvalue weighted by atomic mass is 9.98. The van der Waals surface area contributed by atoms with Gasteiger partial charge in [0.25, 0.3) is 0 Å². The van der Waals surface area contributed by atoms with Crippen LogP contribution in [0.5, 0.6) is 28.7 Å². The summed E-state index contributed by atoms with van der Waals surface area (Å²) >= 11 is 0.